The van der Waals surface area contributed by atoms with Crippen molar-refractivity contribution >= 4 is 50.8 Å². The predicted octanol–water partition coefficient (Wildman–Crippen LogP) is 3.38. The molecule has 0 aliphatic heterocycles. The summed E-state index contributed by atoms with van der Waals surface area (Å²) in [6.45, 7) is 1.06. The Hall–Kier alpha value is -2.77. The first-order valence-corrected chi connectivity index (χ1v) is 8.75. The van der Waals surface area contributed by atoms with Crippen molar-refractivity contribution in [3.8, 4) is 0 Å². The molecule has 6 nitrogen and oxygen atoms in total. The van der Waals surface area contributed by atoms with E-state index in [9.17, 15) is 19.5 Å². The van der Waals surface area contributed by atoms with Gasteiger partial charge in [0.25, 0.3) is 5.91 Å². The number of carbonyl (C=O) groups is 3. The molecule has 8 heteroatoms. The highest BCUT2D eigenvalue weighted by molar-refractivity contribution is 7.16. The first kappa shape index (κ1) is 18.0. The lowest BCUT2D eigenvalue weighted by Gasteiger charge is -2.02. The molecule has 2 aromatic carbocycles. The summed E-state index contributed by atoms with van der Waals surface area (Å²) in [5, 5.41) is 9.62. The monoisotopic (exact) mass is 388 g/mol. The molecule has 0 radical (unpaired) electrons. The fraction of sp³-hybridized carbons (Fsp3) is 0.111. The SMILES string of the molecule is CC(=O)c1ccc2sc(=NC(=O)c3cccc(Cl)c3)n(CC(=O)O)c2c1. The first-order chi connectivity index (χ1) is 12.3. The van der Waals surface area contributed by atoms with E-state index in [-0.39, 0.29) is 17.1 Å². The number of carbonyl (C=O) groups excluding carboxylic acids is 2. The Bertz CT molecular complexity index is 1110. The van der Waals surface area contributed by atoms with Crippen molar-refractivity contribution in [3.05, 3.63) is 63.4 Å². The van der Waals surface area contributed by atoms with Crippen LogP contribution in [0.15, 0.2) is 47.5 Å². The Morgan fingerprint density at radius 1 is 1.15 bits per heavy atom. The van der Waals surface area contributed by atoms with Crippen LogP contribution in [0.25, 0.3) is 10.2 Å². The van der Waals surface area contributed by atoms with Gasteiger partial charge in [-0.15, -0.1) is 0 Å². The second-order valence-electron chi connectivity index (χ2n) is 5.53. The van der Waals surface area contributed by atoms with Gasteiger partial charge in [0, 0.05) is 16.1 Å². The molecule has 0 aliphatic carbocycles. The second kappa shape index (κ2) is 7.23. The topological polar surface area (TPSA) is 88.7 Å². The number of thiazole rings is 1. The molecule has 0 atom stereocenters. The van der Waals surface area contributed by atoms with E-state index in [0.29, 0.717) is 21.7 Å². The molecule has 0 saturated heterocycles. The molecule has 1 heterocycles. The number of nitrogens with zero attached hydrogens (tertiary/aromatic N) is 2. The Morgan fingerprint density at radius 3 is 2.58 bits per heavy atom. The van der Waals surface area contributed by atoms with Gasteiger partial charge in [-0.2, -0.15) is 4.99 Å². The molecular formula is C18H13ClN2O4S. The fourth-order valence-electron chi connectivity index (χ4n) is 2.43. The van der Waals surface area contributed by atoms with Gasteiger partial charge < -0.3 is 9.67 Å². The van der Waals surface area contributed by atoms with Crippen molar-refractivity contribution in [2.45, 2.75) is 13.5 Å². The summed E-state index contributed by atoms with van der Waals surface area (Å²) in [4.78, 5) is 39.6. The molecule has 0 saturated carbocycles. The van der Waals surface area contributed by atoms with Crippen molar-refractivity contribution in [1.29, 1.82) is 0 Å². The summed E-state index contributed by atoms with van der Waals surface area (Å²) >= 11 is 7.08. The van der Waals surface area contributed by atoms with Gasteiger partial charge in [-0.05, 0) is 43.3 Å². The number of hydrogen-bond acceptors (Lipinski definition) is 4. The van der Waals surface area contributed by atoms with E-state index in [2.05, 4.69) is 4.99 Å². The molecule has 1 amide bonds. The van der Waals surface area contributed by atoms with Gasteiger partial charge in [-0.1, -0.05) is 29.0 Å². The molecular weight excluding hydrogens is 376 g/mol. The third-order valence-corrected chi connectivity index (χ3v) is 4.95. The van der Waals surface area contributed by atoms with E-state index < -0.39 is 11.9 Å². The smallest absolute Gasteiger partial charge is 0.323 e. The zero-order chi connectivity index (χ0) is 18.8. The molecule has 0 bridgehead atoms. The minimum Gasteiger partial charge on any atom is -0.480 e. The van der Waals surface area contributed by atoms with E-state index in [1.807, 2.05) is 0 Å². The van der Waals surface area contributed by atoms with Crippen LogP contribution in [0.4, 0.5) is 0 Å². The normalized spacial score (nSPS) is 11.7. The zero-order valence-corrected chi connectivity index (χ0v) is 15.2. The number of amides is 1. The van der Waals surface area contributed by atoms with E-state index >= 15 is 0 Å². The van der Waals surface area contributed by atoms with Gasteiger partial charge in [-0.25, -0.2) is 0 Å². The molecule has 3 rings (SSSR count). The fourth-order valence-corrected chi connectivity index (χ4v) is 3.63. The number of aliphatic carboxylic acids is 1. The van der Waals surface area contributed by atoms with Crippen LogP contribution in [0.1, 0.15) is 27.6 Å². The van der Waals surface area contributed by atoms with Crippen molar-refractivity contribution < 1.29 is 19.5 Å². The number of benzene rings is 2. The van der Waals surface area contributed by atoms with Gasteiger partial charge in [0.15, 0.2) is 10.6 Å². The molecule has 1 aromatic heterocycles. The number of halogens is 1. The van der Waals surface area contributed by atoms with Crippen LogP contribution in [-0.4, -0.2) is 27.3 Å². The molecule has 0 aliphatic rings. The lowest BCUT2D eigenvalue weighted by molar-refractivity contribution is -0.137. The number of carboxylic acids is 1. The lowest BCUT2D eigenvalue weighted by Crippen LogP contribution is -2.21. The van der Waals surface area contributed by atoms with Crippen LogP contribution < -0.4 is 4.80 Å². The van der Waals surface area contributed by atoms with Crippen molar-refractivity contribution in [2.24, 2.45) is 4.99 Å². The van der Waals surface area contributed by atoms with E-state index in [0.717, 1.165) is 4.70 Å². The Morgan fingerprint density at radius 2 is 1.92 bits per heavy atom. The van der Waals surface area contributed by atoms with E-state index in [1.165, 1.54) is 28.9 Å². The summed E-state index contributed by atoms with van der Waals surface area (Å²) in [7, 11) is 0. The molecule has 0 spiro atoms. The molecule has 132 valence electrons. The van der Waals surface area contributed by atoms with Gasteiger partial charge in [-0.3, -0.25) is 14.4 Å². The van der Waals surface area contributed by atoms with Crippen molar-refractivity contribution in [2.75, 3.05) is 0 Å². The largest absolute Gasteiger partial charge is 0.480 e. The third-order valence-electron chi connectivity index (χ3n) is 3.65. The van der Waals surface area contributed by atoms with Crippen molar-refractivity contribution in [3.63, 3.8) is 0 Å². The summed E-state index contributed by atoms with van der Waals surface area (Å²) in [5.41, 5.74) is 1.31. The summed E-state index contributed by atoms with van der Waals surface area (Å²) in [6.07, 6.45) is 0. The molecule has 3 aromatic rings. The zero-order valence-electron chi connectivity index (χ0n) is 13.6. The predicted molar refractivity (Wildman–Crippen MR) is 98.8 cm³/mol. The minimum atomic E-state index is -1.07. The summed E-state index contributed by atoms with van der Waals surface area (Å²) in [5.74, 6) is -1.73. The molecule has 26 heavy (non-hydrogen) atoms. The van der Waals surface area contributed by atoms with Gasteiger partial charge >= 0.3 is 5.97 Å². The number of hydrogen-bond donors (Lipinski definition) is 1. The van der Waals surface area contributed by atoms with Gasteiger partial charge in [0.1, 0.15) is 6.54 Å². The highest BCUT2D eigenvalue weighted by atomic mass is 35.5. The minimum absolute atomic E-state index is 0.131. The third kappa shape index (κ3) is 3.74. The summed E-state index contributed by atoms with van der Waals surface area (Å²) < 4.78 is 2.14. The van der Waals surface area contributed by atoms with E-state index in [4.69, 9.17) is 11.6 Å². The maximum Gasteiger partial charge on any atom is 0.323 e. The average Bonchev–Trinajstić information content (AvgIpc) is 2.91. The van der Waals surface area contributed by atoms with Crippen molar-refractivity contribution in [1.82, 2.24) is 4.57 Å². The number of carboxylic acid groups (broad SMARTS) is 1. The van der Waals surface area contributed by atoms with E-state index in [1.54, 1.807) is 36.4 Å². The maximum atomic E-state index is 12.4. The second-order valence-corrected chi connectivity index (χ2v) is 6.98. The first-order valence-electron chi connectivity index (χ1n) is 7.56. The van der Waals surface area contributed by atoms with Gasteiger partial charge in [0.05, 0.1) is 10.2 Å². The number of rotatable bonds is 4. The van der Waals surface area contributed by atoms with Crippen LogP contribution in [0.5, 0.6) is 0 Å². The van der Waals surface area contributed by atoms with Crippen LogP contribution in [0, 0.1) is 0 Å². The summed E-state index contributed by atoms with van der Waals surface area (Å²) in [6, 6.07) is 11.4. The Kier molecular flexibility index (Phi) is 5.01. The standard InChI is InChI=1S/C18H13ClN2O4S/c1-10(22)11-5-6-15-14(8-11)21(9-16(23)24)18(26-15)20-17(25)12-3-2-4-13(19)7-12/h2-8H,9H2,1H3,(H,23,24). The highest BCUT2D eigenvalue weighted by Gasteiger charge is 2.13. The van der Waals surface area contributed by atoms with Crippen LogP contribution >= 0.6 is 22.9 Å². The van der Waals surface area contributed by atoms with Crippen LogP contribution in [0.3, 0.4) is 0 Å². The quantitative estimate of drug-likeness (QED) is 0.694. The van der Waals surface area contributed by atoms with Crippen LogP contribution in [-0.2, 0) is 11.3 Å². The molecule has 0 fully saturated rings. The highest BCUT2D eigenvalue weighted by Crippen LogP contribution is 2.20. The molecule has 0 unspecified atom stereocenters. The number of aromatic nitrogens is 1. The number of Topliss-reactive ketones (excluding diaryl/α,β-unsaturated/α-hetero) is 1. The van der Waals surface area contributed by atoms with Crippen LogP contribution in [0.2, 0.25) is 5.02 Å². The maximum absolute atomic E-state index is 12.4. The molecule has 1 N–H and O–H groups in total. The average molecular weight is 389 g/mol. The van der Waals surface area contributed by atoms with Gasteiger partial charge in [0.2, 0.25) is 0 Å². The number of ketones is 1. The Labute approximate surface area is 157 Å². The lowest BCUT2D eigenvalue weighted by atomic mass is 10.1. The Balaban J connectivity index is 2.19. The number of fused-ring (bicyclic) bond motifs is 1.